The minimum absolute atomic E-state index is 0.0484. The maximum atomic E-state index is 12.9. The van der Waals surface area contributed by atoms with E-state index in [2.05, 4.69) is 115 Å². The Hall–Kier alpha value is -11.3. The van der Waals surface area contributed by atoms with Gasteiger partial charge >= 0.3 is 25.0 Å². The summed E-state index contributed by atoms with van der Waals surface area (Å²) in [5, 5.41) is 48.3. The van der Waals surface area contributed by atoms with E-state index in [4.69, 9.17) is 44.9 Å². The van der Waals surface area contributed by atoms with Crippen LogP contribution >= 0.6 is 15.9 Å². The number of aromatic carboxylic acids is 1. The van der Waals surface area contributed by atoms with E-state index in [0.717, 1.165) is 104 Å². The Kier molecular flexibility index (Phi) is 28.8. The summed E-state index contributed by atoms with van der Waals surface area (Å²) in [5.74, 6) is -0.444. The highest BCUT2D eigenvalue weighted by Crippen LogP contribution is 2.32. The van der Waals surface area contributed by atoms with E-state index >= 15 is 0 Å². The largest absolute Gasteiger partial charge is 0.497 e. The zero-order valence-corrected chi connectivity index (χ0v) is 62.5. The van der Waals surface area contributed by atoms with Crippen molar-refractivity contribution in [1.29, 1.82) is 0 Å². The second-order valence-electron chi connectivity index (χ2n) is 25.1. The summed E-state index contributed by atoms with van der Waals surface area (Å²) in [4.78, 5) is 64.6. The van der Waals surface area contributed by atoms with Crippen LogP contribution < -0.4 is 26.0 Å². The molecule has 2 atom stereocenters. The van der Waals surface area contributed by atoms with Crippen molar-refractivity contribution < 1.29 is 63.5 Å². The van der Waals surface area contributed by atoms with Gasteiger partial charge in [-0.05, 0) is 217 Å². The van der Waals surface area contributed by atoms with Gasteiger partial charge in [-0.15, -0.1) is 0 Å². The Morgan fingerprint density at radius 2 is 0.832 bits per heavy atom. The highest BCUT2D eigenvalue weighted by atomic mass is 79.9. The Bertz CT molecular complexity index is 4980. The molecule has 4 aliphatic rings. The maximum absolute atomic E-state index is 12.9. The Labute approximate surface area is 632 Å². The van der Waals surface area contributed by atoms with Gasteiger partial charge < -0.3 is 55.4 Å². The number of rotatable bonds is 17. The molecule has 548 valence electrons. The first-order valence-electron chi connectivity index (χ1n) is 34.8. The molecule has 14 rings (SSSR count). The zero-order valence-electron chi connectivity index (χ0n) is 60.9. The van der Waals surface area contributed by atoms with Crippen LogP contribution in [-0.4, -0.2) is 120 Å². The van der Waals surface area contributed by atoms with E-state index in [1.807, 2.05) is 125 Å². The van der Waals surface area contributed by atoms with Crippen molar-refractivity contribution in [3.05, 3.63) is 301 Å². The second-order valence-corrected chi connectivity index (χ2v) is 26.0. The zero-order chi connectivity index (χ0) is 76.7. The van der Waals surface area contributed by atoms with Gasteiger partial charge in [0.15, 0.2) is 0 Å². The van der Waals surface area contributed by atoms with Crippen molar-refractivity contribution in [2.45, 2.75) is 79.8 Å². The molecule has 4 heterocycles. The number of carboxylic acid groups (broad SMARTS) is 1. The number of hydrogen-bond acceptors (Lipinski definition) is 17. The molecule has 19 nitrogen and oxygen atoms in total. The number of nitrogens with zero attached hydrogens (tertiary/aromatic N) is 4. The fourth-order valence-electron chi connectivity index (χ4n) is 11.9. The van der Waals surface area contributed by atoms with E-state index in [1.54, 1.807) is 63.6 Å². The average molecular weight is 1500 g/mol. The van der Waals surface area contributed by atoms with E-state index in [9.17, 15) is 24.3 Å². The van der Waals surface area contributed by atoms with Crippen LogP contribution in [0.25, 0.3) is 33.4 Å². The van der Waals surface area contributed by atoms with Crippen molar-refractivity contribution in [3.63, 3.8) is 0 Å². The van der Waals surface area contributed by atoms with E-state index in [0.29, 0.717) is 41.2 Å². The number of ether oxygens (including phenoxy) is 4. The highest BCUT2D eigenvalue weighted by Gasteiger charge is 2.21. The van der Waals surface area contributed by atoms with Crippen LogP contribution in [0.15, 0.2) is 243 Å². The lowest BCUT2D eigenvalue weighted by molar-refractivity contribution is 0.0517. The van der Waals surface area contributed by atoms with Gasteiger partial charge in [0.1, 0.15) is 11.5 Å². The summed E-state index contributed by atoms with van der Waals surface area (Å²) < 4.78 is 21.2. The predicted molar refractivity (Wildman–Crippen MR) is 426 cm³/mol. The standard InChI is InChI=1S/C25H24N2O3.C18H17NO2.C16H13NO2.C9H11BO4.C9H8BrN.C9H13NO2/c1-16-23-13-18(9-10-21(23)14-26-16)17-5-3-7-20(11-17)25(29)27-24(15-28)19-6-4-8-22(12-19)30-2;1-3-21-18(20)15-6-4-5-13(9-15)14-7-8-16-11-19-12(2)17(16)10-14;1-10-15-8-12(5-6-14(15)9-17-10)11-3-2-4-13(7-11)16(18)19;1-2-14-9(11)7-4-3-5-8(6-7)10(12)13;1-6-9-4-8(10)3-2-7(9)5-11-6;1-12-8-4-2-3-7(5-8)9(10)6-11/h3-13,24,28H,14-15H2,1-2H3,(H,27,29);4-10H,3,11H2,1-2H3;2-8H,9H2,1H3,(H,18,19);3-6,12-13H,2H2,1H3;2-4H,5H2,1H3;2-5,9,11H,6,10H2,1H3. The van der Waals surface area contributed by atoms with Crippen LogP contribution in [-0.2, 0) is 35.7 Å². The molecule has 0 aromatic heterocycles. The lowest BCUT2D eigenvalue weighted by Crippen LogP contribution is -2.30. The van der Waals surface area contributed by atoms with Gasteiger partial charge in [0.05, 0.1) is 95.6 Å². The third-order valence-corrected chi connectivity index (χ3v) is 18.4. The molecule has 1 amide bonds. The molecule has 21 heteroatoms. The summed E-state index contributed by atoms with van der Waals surface area (Å²) >= 11 is 3.44. The van der Waals surface area contributed by atoms with Crippen molar-refractivity contribution >= 4 is 75.2 Å². The first kappa shape index (κ1) is 79.8. The normalized spacial score (nSPS) is 12.7. The SMILES string of the molecule is CC1=NCc2ccc(-c3cccc(C(=O)O)c3)cc21.CC1=NCc2ccc(Br)cc21.CCOC(=O)c1cccc(-c2ccc3c(c2)C(C)=NC3)c1.CCOC(=O)c1cccc(B(O)O)c1.COc1cccc(C(CO)NC(=O)c2cccc(-c3ccc4c(c3)C(C)=NC4)c2)c1.COc1cccc(C(N)CO)c1. The number of aliphatic hydroxyl groups excluding tert-OH is 2. The number of carbonyl (C=O) groups excluding carboxylic acids is 3. The Morgan fingerprint density at radius 3 is 1.26 bits per heavy atom. The molecule has 0 radical (unpaired) electrons. The third-order valence-electron chi connectivity index (χ3n) is 17.9. The quantitative estimate of drug-likeness (QED) is 0.0330. The number of aliphatic imine (C=N–C) groups is 4. The first-order valence-corrected chi connectivity index (χ1v) is 35.6. The number of aliphatic hydroxyl groups is 2. The second kappa shape index (κ2) is 38.6. The Morgan fingerprint density at radius 1 is 0.458 bits per heavy atom. The maximum Gasteiger partial charge on any atom is 0.488 e. The molecular formula is C86H86BBrN6O13. The van der Waals surface area contributed by atoms with Gasteiger partial charge in [0, 0.05) is 55.1 Å². The number of nitrogens with two attached hydrogens (primary N) is 1. The number of hydrogen-bond donors (Lipinski definition) is 7. The molecule has 2 unspecified atom stereocenters. The highest BCUT2D eigenvalue weighted by molar-refractivity contribution is 9.10. The van der Waals surface area contributed by atoms with Crippen molar-refractivity contribution in [2.75, 3.05) is 40.6 Å². The number of benzene rings is 10. The van der Waals surface area contributed by atoms with Crippen LogP contribution in [0.3, 0.4) is 0 Å². The topological polar surface area (TPSA) is 294 Å². The minimum atomic E-state index is -1.57. The van der Waals surface area contributed by atoms with Crippen LogP contribution in [0.2, 0.25) is 0 Å². The average Bonchev–Trinajstić information content (AvgIpc) is 1.74. The number of fused-ring (bicyclic) bond motifs is 4. The fraction of sp³-hybridized carbons (Fsp3) is 0.209. The van der Waals surface area contributed by atoms with E-state index < -0.39 is 25.1 Å². The number of nitrogens with one attached hydrogen (secondary N) is 1. The van der Waals surface area contributed by atoms with Crippen LogP contribution in [0.1, 0.15) is 151 Å². The summed E-state index contributed by atoms with van der Waals surface area (Å²) in [5.41, 5.74) is 29.6. The number of amides is 1. The monoisotopic (exact) mass is 1500 g/mol. The van der Waals surface area contributed by atoms with Crippen molar-refractivity contribution in [1.82, 2.24) is 5.32 Å². The predicted octanol–water partition coefficient (Wildman–Crippen LogP) is 14.4. The molecule has 107 heavy (non-hydrogen) atoms. The molecule has 8 N–H and O–H groups in total. The molecule has 10 aromatic carbocycles. The third kappa shape index (κ3) is 21.5. The molecule has 4 aliphatic heterocycles. The summed E-state index contributed by atoms with van der Waals surface area (Å²) in [6.45, 7) is 15.2. The minimum Gasteiger partial charge on any atom is -0.497 e. The van der Waals surface area contributed by atoms with E-state index in [-0.39, 0.29) is 36.6 Å². The van der Waals surface area contributed by atoms with Gasteiger partial charge in [-0.25, -0.2) is 14.4 Å². The molecule has 10 aromatic rings. The summed E-state index contributed by atoms with van der Waals surface area (Å²) in [6, 6.07) is 67.1. The van der Waals surface area contributed by atoms with E-state index in [1.165, 1.54) is 56.6 Å². The molecule has 0 saturated carbocycles. The van der Waals surface area contributed by atoms with Crippen molar-refractivity contribution in [2.24, 2.45) is 25.7 Å². The van der Waals surface area contributed by atoms with Crippen LogP contribution in [0.4, 0.5) is 0 Å². The lowest BCUT2D eigenvalue weighted by Gasteiger charge is -2.18. The molecule has 0 spiro atoms. The number of methoxy groups -OCH3 is 2. The first-order chi connectivity index (χ1) is 51.6. The van der Waals surface area contributed by atoms with Gasteiger partial charge in [-0.1, -0.05) is 131 Å². The number of carboxylic acids is 1. The number of carbonyl (C=O) groups is 4. The molecule has 0 fully saturated rings. The smallest absolute Gasteiger partial charge is 0.488 e. The van der Waals surface area contributed by atoms with Gasteiger partial charge in [0.2, 0.25) is 0 Å². The lowest BCUT2D eigenvalue weighted by atomic mass is 9.80. The van der Waals surface area contributed by atoms with Crippen LogP contribution in [0, 0.1) is 0 Å². The van der Waals surface area contributed by atoms with Crippen LogP contribution in [0.5, 0.6) is 11.5 Å². The number of esters is 2. The van der Waals surface area contributed by atoms with Gasteiger partial charge in [0.25, 0.3) is 5.91 Å². The molecule has 0 saturated heterocycles. The van der Waals surface area contributed by atoms with Gasteiger partial charge in [-0.2, -0.15) is 0 Å². The van der Waals surface area contributed by atoms with Crippen molar-refractivity contribution in [3.8, 4) is 44.9 Å². The fourth-order valence-corrected chi connectivity index (χ4v) is 12.3. The summed E-state index contributed by atoms with van der Waals surface area (Å²) in [7, 11) is 1.62. The van der Waals surface area contributed by atoms with Gasteiger partial charge in [-0.3, -0.25) is 24.8 Å². The number of halogens is 1. The molecule has 0 aliphatic carbocycles. The summed E-state index contributed by atoms with van der Waals surface area (Å²) in [6.07, 6.45) is 0. The Balaban J connectivity index is 0.000000154. The molecule has 0 bridgehead atoms. The molecular weight excluding hydrogens is 1420 g/mol.